The number of hydrogen-bond donors (Lipinski definition) is 1. The van der Waals surface area contributed by atoms with Crippen molar-refractivity contribution in [3.8, 4) is 0 Å². The Bertz CT molecular complexity index is 394. The van der Waals surface area contributed by atoms with Gasteiger partial charge >= 0.3 is 5.97 Å². The zero-order chi connectivity index (χ0) is 11.5. The Labute approximate surface area is 93.6 Å². The summed E-state index contributed by atoms with van der Waals surface area (Å²) < 4.78 is 18.3. The smallest absolute Gasteiger partial charge is 0.323 e. The van der Waals surface area contributed by atoms with Crippen LogP contribution in [0.4, 0.5) is 4.39 Å². The van der Waals surface area contributed by atoms with Gasteiger partial charge in [-0.3, -0.25) is 4.79 Å². The van der Waals surface area contributed by atoms with E-state index < -0.39 is 6.04 Å². The maximum absolute atomic E-state index is 13.6. The first-order chi connectivity index (χ1) is 7.74. The van der Waals surface area contributed by atoms with Crippen LogP contribution in [-0.2, 0) is 9.53 Å². The maximum atomic E-state index is 13.6. The minimum absolute atomic E-state index is 0.131. The van der Waals surface area contributed by atoms with E-state index in [0.717, 1.165) is 6.42 Å². The second-order valence-electron chi connectivity index (χ2n) is 3.87. The van der Waals surface area contributed by atoms with Crippen LogP contribution in [0.2, 0.25) is 0 Å². The summed E-state index contributed by atoms with van der Waals surface area (Å²) in [4.78, 5) is 11.5. The van der Waals surface area contributed by atoms with Crippen LogP contribution in [0.3, 0.4) is 0 Å². The molecule has 1 aliphatic rings. The van der Waals surface area contributed by atoms with Gasteiger partial charge < -0.3 is 10.1 Å². The molecule has 0 saturated carbocycles. The van der Waals surface area contributed by atoms with Crippen molar-refractivity contribution in [2.75, 3.05) is 13.7 Å². The predicted octanol–water partition coefficient (Wildman–Crippen LogP) is 1.44. The van der Waals surface area contributed by atoms with Gasteiger partial charge in [0, 0.05) is 5.92 Å². The molecule has 3 nitrogen and oxygen atoms in total. The Morgan fingerprint density at radius 1 is 1.50 bits per heavy atom. The van der Waals surface area contributed by atoms with Crippen LogP contribution in [0.1, 0.15) is 17.9 Å². The zero-order valence-electron chi connectivity index (χ0n) is 9.07. The lowest BCUT2D eigenvalue weighted by Crippen LogP contribution is -2.35. The number of carbonyl (C=O) groups excluding carboxylic acids is 1. The van der Waals surface area contributed by atoms with E-state index in [9.17, 15) is 9.18 Å². The van der Waals surface area contributed by atoms with Gasteiger partial charge in [-0.15, -0.1) is 0 Å². The molecule has 0 amide bonds. The third-order valence-electron chi connectivity index (χ3n) is 2.98. The van der Waals surface area contributed by atoms with Crippen LogP contribution in [-0.4, -0.2) is 25.7 Å². The number of esters is 1. The average molecular weight is 223 g/mol. The van der Waals surface area contributed by atoms with E-state index in [4.69, 9.17) is 4.74 Å². The monoisotopic (exact) mass is 223 g/mol. The highest BCUT2D eigenvalue weighted by Crippen LogP contribution is 2.29. The Morgan fingerprint density at radius 3 is 2.94 bits per heavy atom. The molecule has 1 aromatic carbocycles. The largest absolute Gasteiger partial charge is 0.468 e. The summed E-state index contributed by atoms with van der Waals surface area (Å²) in [7, 11) is 1.35. The van der Waals surface area contributed by atoms with Crippen molar-refractivity contribution in [1.82, 2.24) is 5.32 Å². The molecule has 0 radical (unpaired) electrons. The summed E-state index contributed by atoms with van der Waals surface area (Å²) >= 11 is 0. The number of nitrogens with one attached hydrogen (secondary N) is 1. The molecule has 2 atom stereocenters. The van der Waals surface area contributed by atoms with Crippen molar-refractivity contribution >= 4 is 5.97 Å². The number of rotatable bonds is 2. The van der Waals surface area contributed by atoms with E-state index in [1.807, 2.05) is 0 Å². The first-order valence-corrected chi connectivity index (χ1v) is 5.29. The Hall–Kier alpha value is -1.42. The fourth-order valence-corrected chi connectivity index (χ4v) is 2.19. The quantitative estimate of drug-likeness (QED) is 0.771. The third-order valence-corrected chi connectivity index (χ3v) is 2.98. The lowest BCUT2D eigenvalue weighted by atomic mass is 9.91. The molecular formula is C12H14FNO2. The van der Waals surface area contributed by atoms with Gasteiger partial charge in [0.15, 0.2) is 0 Å². The van der Waals surface area contributed by atoms with Crippen molar-refractivity contribution in [1.29, 1.82) is 0 Å². The number of benzene rings is 1. The zero-order valence-corrected chi connectivity index (χ0v) is 9.07. The summed E-state index contributed by atoms with van der Waals surface area (Å²) in [6.45, 7) is 0.707. The van der Waals surface area contributed by atoms with Crippen molar-refractivity contribution in [2.24, 2.45) is 0 Å². The summed E-state index contributed by atoms with van der Waals surface area (Å²) in [5, 5.41) is 3.04. The molecular weight excluding hydrogens is 209 g/mol. The Balaban J connectivity index is 2.27. The molecule has 1 aliphatic heterocycles. The molecule has 0 aromatic heterocycles. The van der Waals surface area contributed by atoms with E-state index in [0.29, 0.717) is 12.1 Å². The molecule has 2 unspecified atom stereocenters. The van der Waals surface area contributed by atoms with Crippen LogP contribution in [0.5, 0.6) is 0 Å². The number of ether oxygens (including phenoxy) is 1. The third kappa shape index (κ3) is 1.93. The van der Waals surface area contributed by atoms with Gasteiger partial charge in [0.1, 0.15) is 11.9 Å². The van der Waals surface area contributed by atoms with Gasteiger partial charge in [0.25, 0.3) is 0 Å². The fourth-order valence-electron chi connectivity index (χ4n) is 2.19. The highest BCUT2D eigenvalue weighted by Gasteiger charge is 2.35. The maximum Gasteiger partial charge on any atom is 0.323 e. The van der Waals surface area contributed by atoms with E-state index in [2.05, 4.69) is 5.32 Å². The molecule has 1 N–H and O–H groups in total. The fraction of sp³-hybridized carbons (Fsp3) is 0.417. The van der Waals surface area contributed by atoms with Crippen molar-refractivity contribution < 1.29 is 13.9 Å². The van der Waals surface area contributed by atoms with Crippen LogP contribution in [0.15, 0.2) is 24.3 Å². The van der Waals surface area contributed by atoms with E-state index in [1.54, 1.807) is 18.2 Å². The second kappa shape index (κ2) is 4.61. The SMILES string of the molecule is COC(=O)C1NCCC1c1ccccc1F. The Kier molecular flexibility index (Phi) is 3.19. The minimum atomic E-state index is -0.429. The number of halogens is 1. The topological polar surface area (TPSA) is 38.3 Å². The van der Waals surface area contributed by atoms with E-state index in [-0.39, 0.29) is 17.7 Å². The summed E-state index contributed by atoms with van der Waals surface area (Å²) in [5.74, 6) is -0.718. The summed E-state index contributed by atoms with van der Waals surface area (Å²) in [6.07, 6.45) is 0.751. The van der Waals surface area contributed by atoms with E-state index >= 15 is 0 Å². The van der Waals surface area contributed by atoms with Gasteiger partial charge in [-0.2, -0.15) is 0 Å². The van der Waals surface area contributed by atoms with Crippen LogP contribution >= 0.6 is 0 Å². The molecule has 0 bridgehead atoms. The molecule has 1 saturated heterocycles. The molecule has 86 valence electrons. The number of methoxy groups -OCH3 is 1. The molecule has 0 aliphatic carbocycles. The van der Waals surface area contributed by atoms with Gasteiger partial charge in [0.05, 0.1) is 7.11 Å². The highest BCUT2D eigenvalue weighted by molar-refractivity contribution is 5.77. The van der Waals surface area contributed by atoms with Gasteiger partial charge in [0.2, 0.25) is 0 Å². The molecule has 1 heterocycles. The van der Waals surface area contributed by atoms with Crippen molar-refractivity contribution in [3.05, 3.63) is 35.6 Å². The lowest BCUT2D eigenvalue weighted by molar-refractivity contribution is -0.143. The summed E-state index contributed by atoms with van der Waals surface area (Å²) in [5.41, 5.74) is 0.586. The van der Waals surface area contributed by atoms with Crippen LogP contribution in [0.25, 0.3) is 0 Å². The average Bonchev–Trinajstić information content (AvgIpc) is 2.77. The van der Waals surface area contributed by atoms with Crippen molar-refractivity contribution in [2.45, 2.75) is 18.4 Å². The van der Waals surface area contributed by atoms with Crippen LogP contribution in [0, 0.1) is 5.82 Å². The minimum Gasteiger partial charge on any atom is -0.468 e. The van der Waals surface area contributed by atoms with E-state index in [1.165, 1.54) is 13.2 Å². The Morgan fingerprint density at radius 2 is 2.25 bits per heavy atom. The predicted molar refractivity (Wildman–Crippen MR) is 57.6 cm³/mol. The number of hydrogen-bond acceptors (Lipinski definition) is 3. The molecule has 1 aromatic rings. The molecule has 1 fully saturated rings. The van der Waals surface area contributed by atoms with Crippen molar-refractivity contribution in [3.63, 3.8) is 0 Å². The normalized spacial score (nSPS) is 24.4. The first-order valence-electron chi connectivity index (χ1n) is 5.29. The highest BCUT2D eigenvalue weighted by atomic mass is 19.1. The molecule has 16 heavy (non-hydrogen) atoms. The lowest BCUT2D eigenvalue weighted by Gasteiger charge is -2.17. The number of carbonyl (C=O) groups is 1. The summed E-state index contributed by atoms with van der Waals surface area (Å²) in [6, 6.07) is 6.14. The van der Waals surface area contributed by atoms with Gasteiger partial charge in [-0.25, -0.2) is 4.39 Å². The second-order valence-corrected chi connectivity index (χ2v) is 3.87. The first kappa shape index (κ1) is 11.1. The molecule has 0 spiro atoms. The molecule has 2 rings (SSSR count). The standard InChI is InChI=1S/C12H14FNO2/c1-16-12(15)11-9(6-7-14-11)8-4-2-3-5-10(8)13/h2-5,9,11,14H,6-7H2,1H3. The molecule has 4 heteroatoms. The van der Waals surface area contributed by atoms with Crippen LogP contribution < -0.4 is 5.32 Å². The van der Waals surface area contributed by atoms with Gasteiger partial charge in [-0.1, -0.05) is 18.2 Å². The van der Waals surface area contributed by atoms with Gasteiger partial charge in [-0.05, 0) is 24.6 Å².